The van der Waals surface area contributed by atoms with Gasteiger partial charge >= 0.3 is 0 Å². The lowest BCUT2D eigenvalue weighted by Crippen LogP contribution is -2.30. The molecule has 104 valence electrons. The van der Waals surface area contributed by atoms with Crippen LogP contribution in [0.4, 0.5) is 0 Å². The highest BCUT2D eigenvalue weighted by Gasteiger charge is 2.12. The van der Waals surface area contributed by atoms with E-state index in [1.165, 1.54) is 0 Å². The van der Waals surface area contributed by atoms with E-state index in [9.17, 15) is 4.79 Å². The van der Waals surface area contributed by atoms with Crippen LogP contribution in [0.1, 0.15) is 16.8 Å². The number of hydrogen-bond donors (Lipinski definition) is 1. The summed E-state index contributed by atoms with van der Waals surface area (Å²) in [5.74, 6) is -0.0222. The molecule has 2 aromatic rings. The van der Waals surface area contributed by atoms with Crippen LogP contribution in [-0.4, -0.2) is 29.4 Å². The van der Waals surface area contributed by atoms with Crippen LogP contribution in [0, 0.1) is 0 Å². The SMILES string of the molecule is CN(CCC(N)=S)C(=O)c1ccc2cc(Br)ccc2c1. The van der Waals surface area contributed by atoms with E-state index in [1.807, 2.05) is 36.4 Å². The van der Waals surface area contributed by atoms with E-state index >= 15 is 0 Å². The summed E-state index contributed by atoms with van der Waals surface area (Å²) in [6.07, 6.45) is 0.540. The first-order valence-electron chi connectivity index (χ1n) is 6.20. The van der Waals surface area contributed by atoms with Crippen molar-refractivity contribution in [3.63, 3.8) is 0 Å². The summed E-state index contributed by atoms with van der Waals surface area (Å²) in [6.45, 7) is 0.534. The van der Waals surface area contributed by atoms with Gasteiger partial charge in [-0.25, -0.2) is 0 Å². The zero-order valence-corrected chi connectivity index (χ0v) is 13.5. The van der Waals surface area contributed by atoms with E-state index in [-0.39, 0.29) is 5.91 Å². The summed E-state index contributed by atoms with van der Waals surface area (Å²) in [5.41, 5.74) is 6.13. The van der Waals surface area contributed by atoms with E-state index in [0.29, 0.717) is 23.5 Å². The highest BCUT2D eigenvalue weighted by Crippen LogP contribution is 2.21. The smallest absolute Gasteiger partial charge is 0.253 e. The van der Waals surface area contributed by atoms with Gasteiger partial charge in [-0.2, -0.15) is 0 Å². The molecule has 0 heterocycles. The van der Waals surface area contributed by atoms with Crippen LogP contribution >= 0.6 is 28.1 Å². The molecule has 0 spiro atoms. The predicted octanol–water partition coefficient (Wildman–Crippen LogP) is 3.35. The monoisotopic (exact) mass is 350 g/mol. The van der Waals surface area contributed by atoms with Crippen molar-refractivity contribution < 1.29 is 4.79 Å². The van der Waals surface area contributed by atoms with Crippen LogP contribution in [0.3, 0.4) is 0 Å². The van der Waals surface area contributed by atoms with Gasteiger partial charge in [-0.1, -0.05) is 40.3 Å². The van der Waals surface area contributed by atoms with Gasteiger partial charge in [0.1, 0.15) is 0 Å². The number of nitrogens with two attached hydrogens (primary N) is 1. The Labute approximate surface area is 131 Å². The van der Waals surface area contributed by atoms with Crippen LogP contribution in [0.15, 0.2) is 40.9 Å². The largest absolute Gasteiger partial charge is 0.393 e. The Kier molecular flexibility index (Phi) is 4.73. The predicted molar refractivity (Wildman–Crippen MR) is 90.0 cm³/mol. The molecular weight excluding hydrogens is 336 g/mol. The van der Waals surface area contributed by atoms with Gasteiger partial charge < -0.3 is 10.6 Å². The number of benzene rings is 2. The van der Waals surface area contributed by atoms with Crippen LogP contribution in [0.2, 0.25) is 0 Å². The normalized spacial score (nSPS) is 10.5. The van der Waals surface area contributed by atoms with Crippen LogP contribution < -0.4 is 5.73 Å². The fourth-order valence-electron chi connectivity index (χ4n) is 1.95. The second-order valence-electron chi connectivity index (χ2n) is 4.65. The van der Waals surface area contributed by atoms with Crippen molar-refractivity contribution in [2.45, 2.75) is 6.42 Å². The number of hydrogen-bond acceptors (Lipinski definition) is 2. The number of carbonyl (C=O) groups is 1. The lowest BCUT2D eigenvalue weighted by molar-refractivity contribution is 0.0799. The highest BCUT2D eigenvalue weighted by atomic mass is 79.9. The molecule has 0 aromatic heterocycles. The van der Waals surface area contributed by atoms with Gasteiger partial charge in [0.2, 0.25) is 0 Å². The summed E-state index contributed by atoms with van der Waals surface area (Å²) < 4.78 is 1.03. The zero-order chi connectivity index (χ0) is 14.7. The van der Waals surface area contributed by atoms with Crippen molar-refractivity contribution in [1.29, 1.82) is 0 Å². The number of rotatable bonds is 4. The van der Waals surface area contributed by atoms with Crippen LogP contribution in [0.5, 0.6) is 0 Å². The Morgan fingerprint density at radius 2 is 1.90 bits per heavy atom. The average Bonchev–Trinajstić information content (AvgIpc) is 2.43. The maximum atomic E-state index is 12.3. The summed E-state index contributed by atoms with van der Waals surface area (Å²) in [5, 5.41) is 2.14. The zero-order valence-electron chi connectivity index (χ0n) is 11.1. The molecule has 0 aliphatic carbocycles. The quantitative estimate of drug-likeness (QED) is 0.860. The minimum atomic E-state index is -0.0222. The summed E-state index contributed by atoms with van der Waals surface area (Å²) in [6, 6.07) is 11.7. The third-order valence-electron chi connectivity index (χ3n) is 3.09. The highest BCUT2D eigenvalue weighted by molar-refractivity contribution is 9.10. The van der Waals surface area contributed by atoms with E-state index in [0.717, 1.165) is 15.2 Å². The Hall–Kier alpha value is -1.46. The molecule has 0 bridgehead atoms. The van der Waals surface area contributed by atoms with Gasteiger partial charge in [0.25, 0.3) is 5.91 Å². The molecule has 0 aliphatic heterocycles. The van der Waals surface area contributed by atoms with Crippen molar-refractivity contribution in [1.82, 2.24) is 4.90 Å². The number of amides is 1. The Morgan fingerprint density at radius 1 is 1.25 bits per heavy atom. The minimum Gasteiger partial charge on any atom is -0.393 e. The van der Waals surface area contributed by atoms with Crippen molar-refractivity contribution >= 4 is 49.8 Å². The van der Waals surface area contributed by atoms with Gasteiger partial charge in [0.15, 0.2) is 0 Å². The molecule has 2 aromatic carbocycles. The van der Waals surface area contributed by atoms with Gasteiger partial charge in [0.05, 0.1) is 4.99 Å². The molecular formula is C15H15BrN2OS. The van der Waals surface area contributed by atoms with Gasteiger partial charge in [-0.3, -0.25) is 4.79 Å². The molecule has 0 fully saturated rings. The maximum Gasteiger partial charge on any atom is 0.253 e. The Balaban J connectivity index is 2.22. The average molecular weight is 351 g/mol. The van der Waals surface area contributed by atoms with Crippen molar-refractivity contribution in [2.24, 2.45) is 5.73 Å². The molecule has 0 saturated carbocycles. The molecule has 5 heteroatoms. The molecule has 0 unspecified atom stereocenters. The topological polar surface area (TPSA) is 46.3 Å². The van der Waals surface area contributed by atoms with E-state index in [1.54, 1.807) is 11.9 Å². The molecule has 1 amide bonds. The number of fused-ring (bicyclic) bond motifs is 1. The molecule has 0 saturated heterocycles. The molecule has 20 heavy (non-hydrogen) atoms. The summed E-state index contributed by atoms with van der Waals surface area (Å²) >= 11 is 8.27. The van der Waals surface area contributed by atoms with Crippen LogP contribution in [-0.2, 0) is 0 Å². The van der Waals surface area contributed by atoms with Crippen LogP contribution in [0.25, 0.3) is 10.8 Å². The van der Waals surface area contributed by atoms with Gasteiger partial charge in [-0.05, 0) is 35.0 Å². The molecule has 2 rings (SSSR count). The molecule has 0 aliphatic rings. The van der Waals surface area contributed by atoms with Crippen molar-refractivity contribution in [2.75, 3.05) is 13.6 Å². The fraction of sp³-hybridized carbons (Fsp3) is 0.200. The number of carbonyl (C=O) groups excluding carboxylic acids is 1. The standard InChI is InChI=1S/C15H15BrN2OS/c1-18(7-6-14(17)20)15(19)12-3-2-11-9-13(16)5-4-10(11)8-12/h2-5,8-9H,6-7H2,1H3,(H2,17,20). The van der Waals surface area contributed by atoms with E-state index < -0.39 is 0 Å². The summed E-state index contributed by atoms with van der Waals surface area (Å²) in [4.78, 5) is 14.4. The number of halogens is 1. The number of thiocarbonyl (C=S) groups is 1. The maximum absolute atomic E-state index is 12.3. The second kappa shape index (κ2) is 6.33. The Morgan fingerprint density at radius 3 is 2.60 bits per heavy atom. The third-order valence-corrected chi connectivity index (χ3v) is 3.79. The molecule has 0 radical (unpaired) electrons. The third kappa shape index (κ3) is 3.55. The summed E-state index contributed by atoms with van der Waals surface area (Å²) in [7, 11) is 1.76. The minimum absolute atomic E-state index is 0.0222. The fourth-order valence-corrected chi connectivity index (χ4v) is 2.42. The lowest BCUT2D eigenvalue weighted by Gasteiger charge is -2.17. The molecule has 0 atom stereocenters. The van der Waals surface area contributed by atoms with Gasteiger partial charge in [-0.15, -0.1) is 0 Å². The van der Waals surface area contributed by atoms with Gasteiger partial charge in [0, 0.05) is 30.0 Å². The first-order valence-corrected chi connectivity index (χ1v) is 7.40. The Bertz CT molecular complexity index is 672. The first kappa shape index (κ1) is 14.9. The van der Waals surface area contributed by atoms with Crippen molar-refractivity contribution in [3.8, 4) is 0 Å². The van der Waals surface area contributed by atoms with E-state index in [2.05, 4.69) is 15.9 Å². The molecule has 2 N–H and O–H groups in total. The molecule has 3 nitrogen and oxygen atoms in total. The number of nitrogens with zero attached hydrogens (tertiary/aromatic N) is 1. The first-order chi connectivity index (χ1) is 9.47. The lowest BCUT2D eigenvalue weighted by atomic mass is 10.1. The second-order valence-corrected chi connectivity index (χ2v) is 6.09. The van der Waals surface area contributed by atoms with Crippen molar-refractivity contribution in [3.05, 3.63) is 46.4 Å². The van der Waals surface area contributed by atoms with E-state index in [4.69, 9.17) is 18.0 Å².